The molecule has 1 fully saturated rings. The molecule has 0 radical (unpaired) electrons. The highest BCUT2D eigenvalue weighted by Gasteiger charge is 2.37. The van der Waals surface area contributed by atoms with Crippen LogP contribution < -0.4 is 9.80 Å². The standard InChI is InChI=1S/C28H26F4N8O/c1-15-10-34-40(18-5-6-18)24(15)25-33-11-20-26(36-25)39(14-22(41)37(20)2)12-16-8-17-4-3-7-38-13-21(28(30,31)32)35-27(38)23(17)19(29)9-16/h8-11,13,18H,3-7,12,14H2,1-2H3. The van der Waals surface area contributed by atoms with E-state index in [9.17, 15) is 18.0 Å². The highest BCUT2D eigenvalue weighted by atomic mass is 19.4. The van der Waals surface area contributed by atoms with Crippen molar-refractivity contribution in [1.29, 1.82) is 0 Å². The number of fused-ring (bicyclic) bond motifs is 4. The summed E-state index contributed by atoms with van der Waals surface area (Å²) in [5.41, 5.74) is 2.54. The zero-order valence-electron chi connectivity index (χ0n) is 22.4. The van der Waals surface area contributed by atoms with E-state index < -0.39 is 17.7 Å². The fourth-order valence-corrected chi connectivity index (χ4v) is 5.73. The van der Waals surface area contributed by atoms with E-state index in [1.165, 1.54) is 15.5 Å². The number of hydrogen-bond acceptors (Lipinski definition) is 6. The molecule has 4 aromatic rings. The predicted octanol–water partition coefficient (Wildman–Crippen LogP) is 4.93. The number of hydrogen-bond donors (Lipinski definition) is 0. The van der Waals surface area contributed by atoms with Crippen LogP contribution in [0.5, 0.6) is 0 Å². The third-order valence-corrected chi connectivity index (χ3v) is 7.93. The second kappa shape index (κ2) is 9.11. The maximum Gasteiger partial charge on any atom is 0.434 e. The molecule has 13 heteroatoms. The smallest absolute Gasteiger partial charge is 0.341 e. The third-order valence-electron chi connectivity index (χ3n) is 7.93. The van der Waals surface area contributed by atoms with E-state index in [4.69, 9.17) is 4.98 Å². The molecule has 5 heterocycles. The summed E-state index contributed by atoms with van der Waals surface area (Å²) in [5, 5.41) is 4.52. The summed E-state index contributed by atoms with van der Waals surface area (Å²) in [6.45, 7) is 2.47. The number of imidazole rings is 1. The van der Waals surface area contributed by atoms with Gasteiger partial charge in [0.15, 0.2) is 17.3 Å². The summed E-state index contributed by atoms with van der Waals surface area (Å²) in [5.74, 6) is 0.214. The van der Waals surface area contributed by atoms with Gasteiger partial charge in [0.2, 0.25) is 5.91 Å². The number of likely N-dealkylation sites (N-methyl/N-ethyl adjacent to an activating group) is 1. The van der Waals surface area contributed by atoms with Gasteiger partial charge in [-0.3, -0.25) is 9.48 Å². The Labute approximate surface area is 232 Å². The van der Waals surface area contributed by atoms with Crippen molar-refractivity contribution in [2.45, 2.75) is 57.9 Å². The molecular formula is C28H26F4N8O. The van der Waals surface area contributed by atoms with Crippen LogP contribution >= 0.6 is 0 Å². The van der Waals surface area contributed by atoms with E-state index in [-0.39, 0.29) is 30.4 Å². The number of rotatable bonds is 4. The third kappa shape index (κ3) is 4.34. The Bertz CT molecular complexity index is 1700. The lowest BCUT2D eigenvalue weighted by atomic mass is 9.99. The summed E-state index contributed by atoms with van der Waals surface area (Å²) >= 11 is 0. The van der Waals surface area contributed by atoms with Crippen LogP contribution in [0.2, 0.25) is 0 Å². The minimum absolute atomic E-state index is 0.0194. The van der Waals surface area contributed by atoms with Gasteiger partial charge in [0.05, 0.1) is 30.5 Å². The Morgan fingerprint density at radius 3 is 2.68 bits per heavy atom. The molecule has 0 atom stereocenters. The fourth-order valence-electron chi connectivity index (χ4n) is 5.73. The molecule has 212 valence electrons. The minimum atomic E-state index is -4.62. The molecule has 0 N–H and O–H groups in total. The first-order valence-electron chi connectivity index (χ1n) is 13.5. The highest BCUT2D eigenvalue weighted by Crippen LogP contribution is 2.40. The molecule has 0 saturated heterocycles. The lowest BCUT2D eigenvalue weighted by Gasteiger charge is -2.34. The van der Waals surface area contributed by atoms with Crippen LogP contribution in [-0.4, -0.2) is 48.8 Å². The predicted molar refractivity (Wildman–Crippen MR) is 142 cm³/mol. The van der Waals surface area contributed by atoms with Crippen LogP contribution in [0.15, 0.2) is 30.7 Å². The Hall–Kier alpha value is -4.29. The molecule has 1 aromatic carbocycles. The number of amides is 1. The Kier molecular flexibility index (Phi) is 5.70. The zero-order chi connectivity index (χ0) is 28.6. The topological polar surface area (TPSA) is 85.0 Å². The van der Waals surface area contributed by atoms with Gasteiger partial charge >= 0.3 is 6.18 Å². The number of carbonyl (C=O) groups is 1. The van der Waals surface area contributed by atoms with Gasteiger partial charge in [-0.1, -0.05) is 6.07 Å². The first-order chi connectivity index (χ1) is 19.6. The lowest BCUT2D eigenvalue weighted by Crippen LogP contribution is -2.44. The fraction of sp³-hybridized carbons (Fsp3) is 0.393. The Morgan fingerprint density at radius 2 is 1.93 bits per heavy atom. The lowest BCUT2D eigenvalue weighted by molar-refractivity contribution is -0.140. The molecule has 0 bridgehead atoms. The normalized spacial score (nSPS) is 16.9. The number of benzene rings is 1. The summed E-state index contributed by atoms with van der Waals surface area (Å²) in [6, 6.07) is 3.43. The average Bonchev–Trinajstić information content (AvgIpc) is 3.60. The number of alkyl halides is 3. The second-order valence-electron chi connectivity index (χ2n) is 10.9. The molecule has 7 rings (SSSR count). The molecule has 1 amide bonds. The van der Waals surface area contributed by atoms with Crippen LogP contribution in [-0.2, 0) is 30.5 Å². The van der Waals surface area contributed by atoms with Crippen molar-refractivity contribution in [3.05, 3.63) is 58.9 Å². The second-order valence-corrected chi connectivity index (χ2v) is 10.9. The van der Waals surface area contributed by atoms with Crippen molar-refractivity contribution in [3.8, 4) is 22.9 Å². The van der Waals surface area contributed by atoms with Gasteiger partial charge in [-0.05, 0) is 55.4 Å². The largest absolute Gasteiger partial charge is 0.434 e. The SMILES string of the molecule is Cc1cnn(C2CC2)c1-c1ncc2c(n1)N(Cc1cc(F)c3c(c1)CCCn1cc(C(F)(F)F)nc1-3)CC(=O)N2C. The van der Waals surface area contributed by atoms with Gasteiger partial charge in [-0.25, -0.2) is 19.3 Å². The summed E-state index contributed by atoms with van der Waals surface area (Å²) in [7, 11) is 1.67. The Morgan fingerprint density at radius 1 is 1.12 bits per heavy atom. The van der Waals surface area contributed by atoms with Gasteiger partial charge in [0, 0.05) is 26.3 Å². The molecule has 1 saturated carbocycles. The van der Waals surface area contributed by atoms with Crippen molar-refractivity contribution in [2.24, 2.45) is 0 Å². The van der Waals surface area contributed by atoms with Gasteiger partial charge in [-0.15, -0.1) is 0 Å². The molecule has 1 aliphatic carbocycles. The molecule has 9 nitrogen and oxygen atoms in total. The number of halogens is 4. The van der Waals surface area contributed by atoms with Crippen molar-refractivity contribution >= 4 is 17.4 Å². The van der Waals surface area contributed by atoms with Gasteiger partial charge in [-0.2, -0.15) is 18.3 Å². The first kappa shape index (κ1) is 25.7. The van der Waals surface area contributed by atoms with Crippen molar-refractivity contribution < 1.29 is 22.4 Å². The molecular weight excluding hydrogens is 540 g/mol. The number of nitrogens with zero attached hydrogens (tertiary/aromatic N) is 8. The molecule has 3 aromatic heterocycles. The maximum atomic E-state index is 15.6. The molecule has 2 aliphatic heterocycles. The van der Waals surface area contributed by atoms with Crippen LogP contribution in [0.3, 0.4) is 0 Å². The van der Waals surface area contributed by atoms with E-state index in [1.807, 2.05) is 11.6 Å². The van der Waals surface area contributed by atoms with Crippen LogP contribution in [0, 0.1) is 12.7 Å². The highest BCUT2D eigenvalue weighted by molar-refractivity contribution is 6.01. The van der Waals surface area contributed by atoms with E-state index >= 15 is 4.39 Å². The summed E-state index contributed by atoms with van der Waals surface area (Å²) in [6.07, 6.45) is 2.86. The summed E-state index contributed by atoms with van der Waals surface area (Å²) < 4.78 is 59.0. The first-order valence-corrected chi connectivity index (χ1v) is 13.5. The van der Waals surface area contributed by atoms with E-state index in [1.54, 1.807) is 30.4 Å². The number of anilines is 2. The van der Waals surface area contributed by atoms with Gasteiger partial charge in [0.25, 0.3) is 0 Å². The van der Waals surface area contributed by atoms with Crippen molar-refractivity contribution in [3.63, 3.8) is 0 Å². The number of aromatic nitrogens is 6. The molecule has 3 aliphatic rings. The number of carbonyl (C=O) groups excluding carboxylic acids is 1. The molecule has 0 unspecified atom stereocenters. The Balaban J connectivity index is 1.26. The van der Waals surface area contributed by atoms with Crippen molar-refractivity contribution in [2.75, 3.05) is 23.4 Å². The minimum Gasteiger partial charge on any atom is -0.341 e. The van der Waals surface area contributed by atoms with E-state index in [2.05, 4.69) is 15.1 Å². The van der Waals surface area contributed by atoms with Gasteiger partial charge in [0.1, 0.15) is 23.0 Å². The summed E-state index contributed by atoms with van der Waals surface area (Å²) in [4.78, 5) is 29.4. The average molecular weight is 567 g/mol. The van der Waals surface area contributed by atoms with Crippen molar-refractivity contribution in [1.82, 2.24) is 29.3 Å². The monoisotopic (exact) mass is 566 g/mol. The van der Waals surface area contributed by atoms with Crippen LogP contribution in [0.25, 0.3) is 22.9 Å². The maximum absolute atomic E-state index is 15.6. The quantitative estimate of drug-likeness (QED) is 0.326. The molecule has 41 heavy (non-hydrogen) atoms. The number of aryl methyl sites for hydroxylation is 3. The molecule has 0 spiro atoms. The van der Waals surface area contributed by atoms with E-state index in [0.717, 1.165) is 30.3 Å². The van der Waals surface area contributed by atoms with Gasteiger partial charge < -0.3 is 14.4 Å². The van der Waals surface area contributed by atoms with Crippen LogP contribution in [0.1, 0.15) is 47.7 Å². The van der Waals surface area contributed by atoms with E-state index in [0.29, 0.717) is 53.9 Å². The van der Waals surface area contributed by atoms with Crippen LogP contribution in [0.4, 0.5) is 29.1 Å². The zero-order valence-corrected chi connectivity index (χ0v) is 22.4.